The van der Waals surface area contributed by atoms with Crippen molar-refractivity contribution in [2.75, 3.05) is 5.32 Å². The summed E-state index contributed by atoms with van der Waals surface area (Å²) in [7, 11) is 0. The van der Waals surface area contributed by atoms with Crippen molar-refractivity contribution in [1.29, 1.82) is 0 Å². The number of halogens is 3. The summed E-state index contributed by atoms with van der Waals surface area (Å²) in [6.07, 6.45) is -1.66. The number of nitrogens with zero attached hydrogens (tertiary/aromatic N) is 2. The summed E-state index contributed by atoms with van der Waals surface area (Å²) < 4.78 is 45.1. The summed E-state index contributed by atoms with van der Waals surface area (Å²) in [5, 5.41) is 6.71. The van der Waals surface area contributed by atoms with E-state index in [2.05, 4.69) is 10.4 Å². The number of hydrogen-bond acceptors (Lipinski definition) is 3. The first-order valence-electron chi connectivity index (χ1n) is 5.46. The van der Waals surface area contributed by atoms with E-state index >= 15 is 0 Å². The van der Waals surface area contributed by atoms with Crippen LogP contribution in [0.5, 0.6) is 0 Å². The van der Waals surface area contributed by atoms with Gasteiger partial charge >= 0.3 is 6.18 Å². The molecule has 0 aliphatic carbocycles. The predicted molar refractivity (Wildman–Crippen MR) is 57.0 cm³/mol. The molecule has 0 aromatic carbocycles. The Labute approximate surface area is 100 Å². The zero-order valence-electron chi connectivity index (χ0n) is 9.19. The zero-order chi connectivity index (χ0) is 12.8. The Hall–Kier alpha value is -1.92. The maximum absolute atomic E-state index is 13.0. The molecule has 96 valence electrons. The van der Waals surface area contributed by atoms with Gasteiger partial charge in [-0.25, -0.2) is 4.68 Å². The lowest BCUT2D eigenvalue weighted by molar-refractivity contribution is -0.174. The molecule has 0 fully saturated rings. The Morgan fingerprint density at radius 2 is 2.22 bits per heavy atom. The zero-order valence-corrected chi connectivity index (χ0v) is 9.19. The number of rotatable bonds is 1. The van der Waals surface area contributed by atoms with E-state index in [1.165, 1.54) is 18.5 Å². The summed E-state index contributed by atoms with van der Waals surface area (Å²) in [5.74, 6) is 0.849. The molecule has 3 rings (SSSR count). The first-order valence-corrected chi connectivity index (χ1v) is 5.46. The molecule has 0 radical (unpaired) electrons. The van der Waals surface area contributed by atoms with Gasteiger partial charge in [-0.2, -0.15) is 18.3 Å². The number of alkyl halides is 3. The normalized spacial score (nSPS) is 23.5. The quantitative estimate of drug-likeness (QED) is 0.853. The second-order valence-electron chi connectivity index (χ2n) is 4.17. The summed E-state index contributed by atoms with van der Waals surface area (Å²) in [5.41, 5.74) is 0. The lowest BCUT2D eigenvalue weighted by atomic mass is 10.0. The maximum atomic E-state index is 13.0. The fourth-order valence-corrected chi connectivity index (χ4v) is 2.19. The number of aromatic nitrogens is 2. The van der Waals surface area contributed by atoms with Crippen LogP contribution < -0.4 is 5.32 Å². The van der Waals surface area contributed by atoms with Crippen LogP contribution in [0.2, 0.25) is 0 Å². The molecule has 1 N–H and O–H groups in total. The topological polar surface area (TPSA) is 43.0 Å². The van der Waals surface area contributed by atoms with Gasteiger partial charge in [-0.05, 0) is 12.1 Å². The molecular weight excluding hydrogens is 247 g/mol. The smallest absolute Gasteiger partial charge is 0.410 e. The Morgan fingerprint density at radius 1 is 1.39 bits per heavy atom. The van der Waals surface area contributed by atoms with Crippen molar-refractivity contribution in [1.82, 2.24) is 9.78 Å². The maximum Gasteiger partial charge on any atom is 0.410 e. The number of nitrogens with one attached hydrogen (secondary N) is 1. The first-order chi connectivity index (χ1) is 8.55. The van der Waals surface area contributed by atoms with E-state index in [1.54, 1.807) is 12.1 Å². The highest BCUT2D eigenvalue weighted by Crippen LogP contribution is 2.43. The van der Waals surface area contributed by atoms with Crippen LogP contribution in [-0.2, 0) is 0 Å². The minimum absolute atomic E-state index is 0.133. The largest absolute Gasteiger partial charge is 0.467 e. The van der Waals surface area contributed by atoms with E-state index in [9.17, 15) is 13.2 Å². The van der Waals surface area contributed by atoms with Crippen molar-refractivity contribution in [2.45, 2.75) is 24.7 Å². The van der Waals surface area contributed by atoms with Crippen molar-refractivity contribution < 1.29 is 17.6 Å². The Kier molecular flexibility index (Phi) is 2.36. The van der Waals surface area contributed by atoms with Gasteiger partial charge in [-0.3, -0.25) is 0 Å². The fraction of sp³-hybridized carbons (Fsp3) is 0.364. The highest BCUT2D eigenvalue weighted by molar-refractivity contribution is 5.39. The van der Waals surface area contributed by atoms with E-state index in [1.807, 2.05) is 0 Å². The van der Waals surface area contributed by atoms with Gasteiger partial charge in [0.2, 0.25) is 0 Å². The standard InChI is InChI=1S/C11H10F3N3O/c12-11(13,14)9-6-7(8-2-1-5-18-8)16-10-3-4-15-17(9)10/h1-5,7,9,16H,6H2/t7-,9-/m1/s1. The van der Waals surface area contributed by atoms with Gasteiger partial charge in [0.05, 0.1) is 18.5 Å². The van der Waals surface area contributed by atoms with Gasteiger partial charge in [0.1, 0.15) is 11.6 Å². The van der Waals surface area contributed by atoms with E-state index in [0.717, 1.165) is 4.68 Å². The summed E-state index contributed by atoms with van der Waals surface area (Å²) in [6.45, 7) is 0. The molecule has 0 bridgehead atoms. The van der Waals surface area contributed by atoms with E-state index in [0.29, 0.717) is 11.6 Å². The second-order valence-corrected chi connectivity index (χ2v) is 4.17. The van der Waals surface area contributed by atoms with Crippen LogP contribution in [0.25, 0.3) is 0 Å². The molecule has 2 aromatic rings. The van der Waals surface area contributed by atoms with Gasteiger partial charge in [-0.1, -0.05) is 0 Å². The Balaban J connectivity index is 1.97. The number of furan rings is 1. The van der Waals surface area contributed by atoms with Gasteiger partial charge in [-0.15, -0.1) is 0 Å². The fourth-order valence-electron chi connectivity index (χ4n) is 2.19. The van der Waals surface area contributed by atoms with Crippen LogP contribution in [0, 0.1) is 0 Å². The molecular formula is C11H10F3N3O. The SMILES string of the molecule is FC(F)(F)[C@H]1C[C@H](c2ccco2)Nc2ccnn21. The Bertz CT molecular complexity index is 532. The first kappa shape index (κ1) is 11.2. The Morgan fingerprint density at radius 3 is 2.89 bits per heavy atom. The highest BCUT2D eigenvalue weighted by Gasteiger charge is 2.46. The minimum atomic E-state index is -4.33. The van der Waals surface area contributed by atoms with Gasteiger partial charge in [0, 0.05) is 12.5 Å². The van der Waals surface area contributed by atoms with Crippen molar-refractivity contribution in [3.05, 3.63) is 36.4 Å². The van der Waals surface area contributed by atoms with Crippen LogP contribution in [0.3, 0.4) is 0 Å². The summed E-state index contributed by atoms with van der Waals surface area (Å²) in [4.78, 5) is 0. The third kappa shape index (κ3) is 1.75. The van der Waals surface area contributed by atoms with E-state index < -0.39 is 18.3 Å². The van der Waals surface area contributed by atoms with Crippen molar-refractivity contribution >= 4 is 5.82 Å². The highest BCUT2D eigenvalue weighted by atomic mass is 19.4. The summed E-state index contributed by atoms with van der Waals surface area (Å²) in [6, 6.07) is 2.73. The summed E-state index contributed by atoms with van der Waals surface area (Å²) >= 11 is 0. The van der Waals surface area contributed by atoms with E-state index in [-0.39, 0.29) is 6.42 Å². The van der Waals surface area contributed by atoms with Crippen LogP contribution in [-0.4, -0.2) is 16.0 Å². The third-order valence-electron chi connectivity index (χ3n) is 3.01. The van der Waals surface area contributed by atoms with Crippen molar-refractivity contribution in [2.24, 2.45) is 0 Å². The number of anilines is 1. The molecule has 18 heavy (non-hydrogen) atoms. The molecule has 1 aliphatic heterocycles. The molecule has 0 spiro atoms. The molecule has 2 aromatic heterocycles. The molecule has 2 atom stereocenters. The monoisotopic (exact) mass is 257 g/mol. The molecule has 0 unspecified atom stereocenters. The van der Waals surface area contributed by atoms with E-state index in [4.69, 9.17) is 4.42 Å². The van der Waals surface area contributed by atoms with Crippen LogP contribution in [0.4, 0.5) is 19.0 Å². The van der Waals surface area contributed by atoms with Gasteiger partial charge in [0.15, 0.2) is 6.04 Å². The second kappa shape index (κ2) is 3.79. The van der Waals surface area contributed by atoms with Crippen molar-refractivity contribution in [3.63, 3.8) is 0 Å². The lowest BCUT2D eigenvalue weighted by Crippen LogP contribution is -2.35. The average molecular weight is 257 g/mol. The average Bonchev–Trinajstić information content (AvgIpc) is 2.97. The molecule has 3 heterocycles. The molecule has 0 saturated carbocycles. The molecule has 0 amide bonds. The van der Waals surface area contributed by atoms with Crippen molar-refractivity contribution in [3.8, 4) is 0 Å². The van der Waals surface area contributed by atoms with Crippen LogP contribution in [0.1, 0.15) is 24.3 Å². The molecule has 1 aliphatic rings. The predicted octanol–water partition coefficient (Wildman–Crippen LogP) is 3.14. The lowest BCUT2D eigenvalue weighted by Gasteiger charge is -2.32. The third-order valence-corrected chi connectivity index (χ3v) is 3.01. The molecule has 0 saturated heterocycles. The number of hydrogen-bond donors (Lipinski definition) is 1. The molecule has 4 nitrogen and oxygen atoms in total. The van der Waals surface area contributed by atoms with Crippen LogP contribution >= 0.6 is 0 Å². The van der Waals surface area contributed by atoms with Gasteiger partial charge in [0.25, 0.3) is 0 Å². The minimum Gasteiger partial charge on any atom is -0.467 e. The molecule has 7 heteroatoms. The van der Waals surface area contributed by atoms with Crippen LogP contribution in [0.15, 0.2) is 35.1 Å². The van der Waals surface area contributed by atoms with Gasteiger partial charge < -0.3 is 9.73 Å². The number of fused-ring (bicyclic) bond motifs is 1.